The molecule has 0 bridgehead atoms. The molecule has 1 rings (SSSR count). The van der Waals surface area contributed by atoms with Gasteiger partial charge in [-0.2, -0.15) is 0 Å². The summed E-state index contributed by atoms with van der Waals surface area (Å²) in [5.41, 5.74) is 6.67. The van der Waals surface area contributed by atoms with Crippen LogP contribution in [-0.2, 0) is 4.74 Å². The third kappa shape index (κ3) is 10.2. The molecule has 0 saturated heterocycles. The number of nitrogens with one attached hydrogen (secondary N) is 1. The molecule has 1 N–H and O–H groups in total. The first kappa shape index (κ1) is 34.5. The van der Waals surface area contributed by atoms with Crippen molar-refractivity contribution in [3.05, 3.63) is 82.5 Å². The van der Waals surface area contributed by atoms with Crippen LogP contribution in [0.15, 0.2) is 82.5 Å². The summed E-state index contributed by atoms with van der Waals surface area (Å²) in [5, 5.41) is 3.58. The molecule has 0 aromatic carbocycles. The van der Waals surface area contributed by atoms with Crippen LogP contribution in [0.25, 0.3) is 0 Å². The minimum atomic E-state index is -1.36. The minimum absolute atomic E-state index is 0.0539. The number of unbranched alkanes of at least 4 members (excludes halogenated alkanes) is 1. The van der Waals surface area contributed by atoms with Crippen LogP contribution in [0.1, 0.15) is 94.4 Å². The van der Waals surface area contributed by atoms with E-state index in [0.29, 0.717) is 12.5 Å². The van der Waals surface area contributed by atoms with Crippen molar-refractivity contribution in [1.82, 2.24) is 10.2 Å². The van der Waals surface area contributed by atoms with E-state index < -0.39 is 5.67 Å². The monoisotopic (exact) mass is 540 g/mol. The van der Waals surface area contributed by atoms with Crippen LogP contribution in [0.5, 0.6) is 0 Å². The van der Waals surface area contributed by atoms with E-state index in [9.17, 15) is 0 Å². The first-order chi connectivity index (χ1) is 18.3. The Hall–Kier alpha value is -2.49. The first-order valence-electron chi connectivity index (χ1n) is 15.0. The van der Waals surface area contributed by atoms with Crippen molar-refractivity contribution in [2.75, 3.05) is 26.7 Å². The Morgan fingerprint density at radius 2 is 1.87 bits per heavy atom. The summed E-state index contributed by atoms with van der Waals surface area (Å²) < 4.78 is 21.0. The van der Waals surface area contributed by atoms with Gasteiger partial charge in [-0.15, -0.1) is 0 Å². The zero-order valence-electron chi connectivity index (χ0n) is 26.8. The lowest BCUT2D eigenvalue weighted by Gasteiger charge is -2.33. The number of nitrogens with zero attached hydrogens (tertiary/aromatic N) is 1. The Morgan fingerprint density at radius 1 is 1.21 bits per heavy atom. The normalized spacial score (nSPS) is 18.4. The van der Waals surface area contributed by atoms with Crippen molar-refractivity contribution in [2.45, 2.75) is 100 Å². The third-order valence-corrected chi connectivity index (χ3v) is 8.19. The highest BCUT2D eigenvalue weighted by Gasteiger charge is 2.32. The van der Waals surface area contributed by atoms with Crippen LogP contribution in [0.4, 0.5) is 4.39 Å². The third-order valence-electron chi connectivity index (χ3n) is 8.19. The fourth-order valence-corrected chi connectivity index (χ4v) is 4.55. The molecule has 0 saturated carbocycles. The van der Waals surface area contributed by atoms with E-state index in [2.05, 4.69) is 82.4 Å². The van der Waals surface area contributed by atoms with Crippen LogP contribution in [-0.4, -0.2) is 37.3 Å². The molecule has 3 atom stereocenters. The average Bonchev–Trinajstić information content (AvgIpc) is 2.91. The molecular formula is C35H57FN2O. The van der Waals surface area contributed by atoms with Gasteiger partial charge in [0.05, 0.1) is 0 Å². The average molecular weight is 541 g/mol. The van der Waals surface area contributed by atoms with Gasteiger partial charge in [0.2, 0.25) is 0 Å². The van der Waals surface area contributed by atoms with Crippen LogP contribution in [0.2, 0.25) is 0 Å². The lowest BCUT2D eigenvalue weighted by molar-refractivity contribution is -0.00163. The van der Waals surface area contributed by atoms with Gasteiger partial charge in [0.15, 0.2) is 5.88 Å². The molecule has 3 unspecified atom stereocenters. The summed E-state index contributed by atoms with van der Waals surface area (Å²) >= 11 is 0. The predicted molar refractivity (Wildman–Crippen MR) is 169 cm³/mol. The standard InChI is InChI=1S/C35H57FN2O/c1-13-17-18-19-32(26(6)15-3)33(30(10)29(9)25(5)14-2)22-37-21-31-20-27(7)34(38(12)23-31)39-24-35(11,36)28(8)16-4/h18-20,22,25,28,37H,9-10,13-17,21,23-24H2,1-8,11-12H3/b19-18-,32-26-,33-22-. The molecule has 220 valence electrons. The maximum atomic E-state index is 15.0. The van der Waals surface area contributed by atoms with Gasteiger partial charge in [-0.1, -0.05) is 91.3 Å². The number of likely N-dealkylation sites (N-methyl/N-ethyl adjacent to an activating group) is 1. The fraction of sp³-hybridized carbons (Fsp3) is 0.600. The number of allylic oxidation sites excluding steroid dienone is 9. The highest BCUT2D eigenvalue weighted by Crippen LogP contribution is 2.32. The minimum Gasteiger partial charge on any atom is -0.475 e. The number of ether oxygens (including phenoxy) is 1. The van der Waals surface area contributed by atoms with Crippen molar-refractivity contribution in [3.8, 4) is 0 Å². The van der Waals surface area contributed by atoms with E-state index in [1.165, 1.54) is 16.7 Å². The van der Waals surface area contributed by atoms with Crippen LogP contribution in [0, 0.1) is 11.8 Å². The van der Waals surface area contributed by atoms with E-state index >= 15 is 4.39 Å². The summed E-state index contributed by atoms with van der Waals surface area (Å²) in [4.78, 5) is 2.08. The lowest BCUT2D eigenvalue weighted by atomic mass is 9.85. The summed E-state index contributed by atoms with van der Waals surface area (Å²) in [6.07, 6.45) is 13.8. The van der Waals surface area contributed by atoms with Crippen molar-refractivity contribution in [1.29, 1.82) is 0 Å². The Balaban J connectivity index is 3.23. The maximum absolute atomic E-state index is 15.0. The molecule has 1 aliphatic heterocycles. The Kier molecular flexibility index (Phi) is 14.7. The molecule has 0 fully saturated rings. The quantitative estimate of drug-likeness (QED) is 0.186. The SMILES string of the molecule is C=C(C(=C)C(C)CC)C(=C/NCC1=CC(C)=C(OCC(C)(F)C(C)CC)N(C)C1)/C(/C=C\CCC)=C(/C)CC. The van der Waals surface area contributed by atoms with Gasteiger partial charge in [0.1, 0.15) is 12.3 Å². The zero-order chi connectivity index (χ0) is 29.8. The maximum Gasteiger partial charge on any atom is 0.192 e. The molecule has 1 heterocycles. The van der Waals surface area contributed by atoms with Crippen LogP contribution >= 0.6 is 0 Å². The van der Waals surface area contributed by atoms with Crippen molar-refractivity contribution >= 4 is 0 Å². The molecule has 0 amide bonds. The molecule has 39 heavy (non-hydrogen) atoms. The number of hydrogen-bond acceptors (Lipinski definition) is 3. The molecule has 1 aliphatic rings. The molecule has 3 nitrogen and oxygen atoms in total. The number of alkyl halides is 1. The second-order valence-corrected chi connectivity index (χ2v) is 11.5. The van der Waals surface area contributed by atoms with Gasteiger partial charge < -0.3 is 15.0 Å². The highest BCUT2D eigenvalue weighted by atomic mass is 19.1. The molecule has 0 spiro atoms. The predicted octanol–water partition coefficient (Wildman–Crippen LogP) is 9.60. The van der Waals surface area contributed by atoms with Crippen molar-refractivity contribution in [3.63, 3.8) is 0 Å². The smallest absolute Gasteiger partial charge is 0.192 e. The van der Waals surface area contributed by atoms with Crippen LogP contribution in [0.3, 0.4) is 0 Å². The molecule has 4 heteroatoms. The van der Waals surface area contributed by atoms with Gasteiger partial charge in [0, 0.05) is 37.5 Å². The molecule has 0 aromatic heterocycles. The second kappa shape index (κ2) is 16.6. The fourth-order valence-electron chi connectivity index (χ4n) is 4.55. The topological polar surface area (TPSA) is 24.5 Å². The van der Waals surface area contributed by atoms with Gasteiger partial charge in [0.25, 0.3) is 0 Å². The second-order valence-electron chi connectivity index (χ2n) is 11.5. The van der Waals surface area contributed by atoms with E-state index in [-0.39, 0.29) is 12.5 Å². The van der Waals surface area contributed by atoms with Gasteiger partial charge in [-0.25, -0.2) is 4.39 Å². The summed E-state index contributed by atoms with van der Waals surface area (Å²) in [6, 6.07) is 0. The Morgan fingerprint density at radius 3 is 2.41 bits per heavy atom. The number of rotatable bonds is 17. The molecule has 0 aromatic rings. The van der Waals surface area contributed by atoms with Crippen molar-refractivity contribution < 1.29 is 9.13 Å². The summed E-state index contributed by atoms with van der Waals surface area (Å²) in [7, 11) is 2.01. The van der Waals surface area contributed by atoms with Gasteiger partial charge >= 0.3 is 0 Å². The molecular weight excluding hydrogens is 483 g/mol. The van der Waals surface area contributed by atoms with Crippen LogP contribution < -0.4 is 5.32 Å². The zero-order valence-corrected chi connectivity index (χ0v) is 26.8. The molecule has 0 aliphatic carbocycles. The Labute approximate surface area is 240 Å². The van der Waals surface area contributed by atoms with Gasteiger partial charge in [-0.3, -0.25) is 0 Å². The number of halogens is 1. The van der Waals surface area contributed by atoms with Gasteiger partial charge in [-0.05, 0) is 74.2 Å². The van der Waals surface area contributed by atoms with E-state index in [0.717, 1.165) is 66.8 Å². The van der Waals surface area contributed by atoms with E-state index in [1.54, 1.807) is 6.92 Å². The molecule has 0 radical (unpaired) electrons. The summed E-state index contributed by atoms with van der Waals surface area (Å²) in [6.45, 7) is 29.0. The first-order valence-corrected chi connectivity index (χ1v) is 15.0. The van der Waals surface area contributed by atoms with E-state index in [4.69, 9.17) is 4.74 Å². The number of hydrogen-bond donors (Lipinski definition) is 1. The highest BCUT2D eigenvalue weighted by molar-refractivity contribution is 5.59. The largest absolute Gasteiger partial charge is 0.475 e. The van der Waals surface area contributed by atoms with Crippen molar-refractivity contribution in [2.24, 2.45) is 11.8 Å². The summed E-state index contributed by atoms with van der Waals surface area (Å²) in [5.74, 6) is 1.07. The lowest BCUT2D eigenvalue weighted by Crippen LogP contribution is -2.36. The van der Waals surface area contributed by atoms with E-state index in [1.807, 2.05) is 27.8 Å². The Bertz CT molecular complexity index is 992.